The molecule has 0 bridgehead atoms. The third-order valence-electron chi connectivity index (χ3n) is 1.46. The molecule has 1 atom stereocenters. The second kappa shape index (κ2) is 5.60. The van der Waals surface area contributed by atoms with E-state index in [1.807, 2.05) is 0 Å². The smallest absolute Gasteiger partial charge is 0.0466 e. The van der Waals surface area contributed by atoms with Crippen molar-refractivity contribution in [3.05, 3.63) is 0 Å². The Hall–Kier alpha value is -0.530. The molecule has 0 fully saturated rings. The molecule has 54 valence electrons. The van der Waals surface area contributed by atoms with Crippen molar-refractivity contribution in [1.29, 1.82) is 0 Å². The lowest BCUT2D eigenvalue weighted by Crippen LogP contribution is -1.98. The average molecular weight is 129 g/mol. The summed E-state index contributed by atoms with van der Waals surface area (Å²) in [5.41, 5.74) is 0. The van der Waals surface area contributed by atoms with Gasteiger partial charge in [0.05, 0.1) is 0 Å². The summed E-state index contributed by atoms with van der Waals surface area (Å²) < 4.78 is 0. The summed E-state index contributed by atoms with van der Waals surface area (Å²) in [5.74, 6) is 0.472. The highest BCUT2D eigenvalue weighted by molar-refractivity contribution is 5.59. The Labute approximate surface area is 56.6 Å². The average Bonchev–Trinajstić information content (AvgIpc) is 1.88. The SMILES string of the molecule is CCCC(C=NO)CC. The van der Waals surface area contributed by atoms with Gasteiger partial charge in [-0.25, -0.2) is 0 Å². The van der Waals surface area contributed by atoms with Crippen LogP contribution in [-0.4, -0.2) is 11.4 Å². The van der Waals surface area contributed by atoms with Crippen LogP contribution in [0.1, 0.15) is 33.1 Å². The highest BCUT2D eigenvalue weighted by Crippen LogP contribution is 2.06. The molecule has 0 aromatic carbocycles. The van der Waals surface area contributed by atoms with Gasteiger partial charge in [0.25, 0.3) is 0 Å². The monoisotopic (exact) mass is 129 g/mol. The number of hydrogen-bond acceptors (Lipinski definition) is 2. The summed E-state index contributed by atoms with van der Waals surface area (Å²) in [6.45, 7) is 4.23. The highest BCUT2D eigenvalue weighted by atomic mass is 16.4. The number of nitrogens with zero attached hydrogens (tertiary/aromatic N) is 1. The van der Waals surface area contributed by atoms with Crippen LogP contribution in [0.4, 0.5) is 0 Å². The van der Waals surface area contributed by atoms with Gasteiger partial charge in [0, 0.05) is 6.21 Å². The van der Waals surface area contributed by atoms with Gasteiger partial charge < -0.3 is 5.21 Å². The molecule has 0 aliphatic rings. The molecule has 0 aliphatic carbocycles. The van der Waals surface area contributed by atoms with E-state index >= 15 is 0 Å². The lowest BCUT2D eigenvalue weighted by Gasteiger charge is -2.03. The zero-order chi connectivity index (χ0) is 7.11. The molecule has 0 saturated heterocycles. The maximum Gasteiger partial charge on any atom is 0.0466 e. The Morgan fingerprint density at radius 2 is 2.22 bits per heavy atom. The topological polar surface area (TPSA) is 32.6 Å². The Balaban J connectivity index is 3.41. The molecule has 2 nitrogen and oxygen atoms in total. The van der Waals surface area contributed by atoms with Crippen LogP contribution >= 0.6 is 0 Å². The number of oxime groups is 1. The molecule has 0 saturated carbocycles. The van der Waals surface area contributed by atoms with E-state index in [9.17, 15) is 0 Å². The summed E-state index contributed by atoms with van der Waals surface area (Å²) in [4.78, 5) is 0. The minimum Gasteiger partial charge on any atom is -0.411 e. The van der Waals surface area contributed by atoms with Crippen molar-refractivity contribution in [1.82, 2.24) is 0 Å². The second-order valence-electron chi connectivity index (χ2n) is 2.22. The van der Waals surface area contributed by atoms with E-state index in [0.29, 0.717) is 5.92 Å². The molecular formula is C7H15NO. The van der Waals surface area contributed by atoms with E-state index in [1.165, 1.54) is 0 Å². The molecule has 1 unspecified atom stereocenters. The van der Waals surface area contributed by atoms with Crippen molar-refractivity contribution < 1.29 is 5.21 Å². The van der Waals surface area contributed by atoms with Gasteiger partial charge in [-0.1, -0.05) is 20.3 Å². The highest BCUT2D eigenvalue weighted by Gasteiger charge is 1.99. The minimum absolute atomic E-state index is 0.472. The largest absolute Gasteiger partial charge is 0.411 e. The molecule has 9 heavy (non-hydrogen) atoms. The van der Waals surface area contributed by atoms with E-state index < -0.39 is 0 Å². The van der Waals surface area contributed by atoms with Gasteiger partial charge >= 0.3 is 0 Å². The minimum atomic E-state index is 0.472. The van der Waals surface area contributed by atoms with Crippen LogP contribution in [-0.2, 0) is 0 Å². The normalized spacial score (nSPS) is 14.4. The van der Waals surface area contributed by atoms with Crippen molar-refractivity contribution in [2.24, 2.45) is 11.1 Å². The van der Waals surface area contributed by atoms with Crippen molar-refractivity contribution in [2.45, 2.75) is 33.1 Å². The fourth-order valence-corrected chi connectivity index (χ4v) is 0.849. The number of hydrogen-bond donors (Lipinski definition) is 1. The molecular weight excluding hydrogens is 114 g/mol. The van der Waals surface area contributed by atoms with E-state index in [0.717, 1.165) is 19.3 Å². The number of rotatable bonds is 4. The van der Waals surface area contributed by atoms with Gasteiger partial charge in [0.15, 0.2) is 0 Å². The quantitative estimate of drug-likeness (QED) is 0.352. The van der Waals surface area contributed by atoms with E-state index in [4.69, 9.17) is 5.21 Å². The Morgan fingerprint density at radius 3 is 2.56 bits per heavy atom. The Morgan fingerprint density at radius 1 is 1.56 bits per heavy atom. The van der Waals surface area contributed by atoms with Gasteiger partial charge in [0.1, 0.15) is 0 Å². The zero-order valence-corrected chi connectivity index (χ0v) is 6.17. The lowest BCUT2D eigenvalue weighted by molar-refractivity contribution is 0.317. The first-order chi connectivity index (χ1) is 4.35. The fraction of sp³-hybridized carbons (Fsp3) is 0.857. The van der Waals surface area contributed by atoms with Crippen LogP contribution in [0, 0.1) is 5.92 Å². The van der Waals surface area contributed by atoms with Crippen LogP contribution < -0.4 is 0 Å². The Kier molecular flexibility index (Phi) is 5.27. The van der Waals surface area contributed by atoms with Crippen LogP contribution in [0.3, 0.4) is 0 Å². The summed E-state index contributed by atoms with van der Waals surface area (Å²) in [6, 6.07) is 0. The third-order valence-corrected chi connectivity index (χ3v) is 1.46. The van der Waals surface area contributed by atoms with Gasteiger partial charge in [0.2, 0.25) is 0 Å². The van der Waals surface area contributed by atoms with E-state index in [1.54, 1.807) is 6.21 Å². The molecule has 0 spiro atoms. The van der Waals surface area contributed by atoms with Crippen molar-refractivity contribution in [2.75, 3.05) is 0 Å². The maximum absolute atomic E-state index is 8.16. The third kappa shape index (κ3) is 4.01. The molecule has 0 radical (unpaired) electrons. The molecule has 0 amide bonds. The van der Waals surface area contributed by atoms with Gasteiger partial charge in [-0.15, -0.1) is 5.16 Å². The van der Waals surface area contributed by atoms with E-state index in [-0.39, 0.29) is 0 Å². The molecule has 0 heterocycles. The molecule has 0 aromatic rings. The van der Waals surface area contributed by atoms with Gasteiger partial charge in [-0.3, -0.25) is 0 Å². The first-order valence-electron chi connectivity index (χ1n) is 3.52. The maximum atomic E-state index is 8.16. The molecule has 1 N–H and O–H groups in total. The fourth-order valence-electron chi connectivity index (χ4n) is 0.849. The lowest BCUT2D eigenvalue weighted by atomic mass is 10.0. The summed E-state index contributed by atoms with van der Waals surface area (Å²) in [5, 5.41) is 11.2. The zero-order valence-electron chi connectivity index (χ0n) is 6.17. The van der Waals surface area contributed by atoms with Crippen molar-refractivity contribution >= 4 is 6.21 Å². The van der Waals surface area contributed by atoms with E-state index in [2.05, 4.69) is 19.0 Å². The molecule has 2 heteroatoms. The molecule has 0 rings (SSSR count). The first kappa shape index (κ1) is 8.47. The molecule has 0 aliphatic heterocycles. The van der Waals surface area contributed by atoms with Crippen LogP contribution in [0.2, 0.25) is 0 Å². The predicted molar refractivity (Wildman–Crippen MR) is 39.0 cm³/mol. The van der Waals surface area contributed by atoms with Crippen molar-refractivity contribution in [3.8, 4) is 0 Å². The van der Waals surface area contributed by atoms with Gasteiger partial charge in [-0.2, -0.15) is 0 Å². The summed E-state index contributed by atoms with van der Waals surface area (Å²) in [6.07, 6.45) is 4.96. The van der Waals surface area contributed by atoms with Crippen LogP contribution in [0.25, 0.3) is 0 Å². The first-order valence-corrected chi connectivity index (χ1v) is 3.52. The standard InChI is InChI=1S/C7H15NO/c1-3-5-7(4-2)6-8-9/h6-7,9H,3-5H2,1-2H3. The predicted octanol–water partition coefficient (Wildman–Crippen LogP) is 2.27. The summed E-state index contributed by atoms with van der Waals surface area (Å²) in [7, 11) is 0. The van der Waals surface area contributed by atoms with Gasteiger partial charge in [-0.05, 0) is 18.8 Å². The molecule has 0 aromatic heterocycles. The second-order valence-corrected chi connectivity index (χ2v) is 2.22. The Bertz CT molecular complexity index is 81.0. The van der Waals surface area contributed by atoms with Crippen LogP contribution in [0.15, 0.2) is 5.16 Å². The summed E-state index contributed by atoms with van der Waals surface area (Å²) >= 11 is 0. The van der Waals surface area contributed by atoms with Crippen molar-refractivity contribution in [3.63, 3.8) is 0 Å². The van der Waals surface area contributed by atoms with Crippen LogP contribution in [0.5, 0.6) is 0 Å².